The lowest BCUT2D eigenvalue weighted by Crippen LogP contribution is -2.14. The van der Waals surface area contributed by atoms with E-state index >= 15 is 0 Å². The van der Waals surface area contributed by atoms with Gasteiger partial charge < -0.3 is 14.8 Å². The molecule has 0 fully saturated rings. The van der Waals surface area contributed by atoms with Crippen LogP contribution in [0.4, 0.5) is 5.69 Å². The van der Waals surface area contributed by atoms with Crippen LogP contribution in [-0.4, -0.2) is 22.0 Å². The van der Waals surface area contributed by atoms with Crippen molar-refractivity contribution in [2.75, 3.05) is 5.32 Å². The predicted molar refractivity (Wildman–Crippen MR) is 89.7 cm³/mol. The predicted octanol–water partition coefficient (Wildman–Crippen LogP) is 3.61. The monoisotopic (exact) mass is 324 g/mol. The van der Waals surface area contributed by atoms with Crippen LogP contribution < -0.4 is 5.32 Å². The molecule has 0 aliphatic heterocycles. The summed E-state index contributed by atoms with van der Waals surface area (Å²) in [5.41, 5.74) is 3.67. The second-order valence-corrected chi connectivity index (χ2v) is 5.41. The third-order valence-electron chi connectivity index (χ3n) is 3.70. The molecule has 1 heterocycles. The molecule has 24 heavy (non-hydrogen) atoms. The summed E-state index contributed by atoms with van der Waals surface area (Å²) < 4.78 is 5.77. The van der Waals surface area contributed by atoms with Crippen LogP contribution in [-0.2, 0) is 9.59 Å². The Kier molecular flexibility index (Phi) is 4.29. The van der Waals surface area contributed by atoms with Crippen LogP contribution in [0.25, 0.3) is 22.6 Å². The molecule has 0 saturated heterocycles. The van der Waals surface area contributed by atoms with Crippen molar-refractivity contribution in [2.24, 2.45) is 0 Å². The van der Waals surface area contributed by atoms with Crippen LogP contribution in [0.5, 0.6) is 0 Å². The molecule has 0 unspecified atom stereocenters. The number of oxazole rings is 1. The lowest BCUT2D eigenvalue weighted by molar-refractivity contribution is -0.138. The van der Waals surface area contributed by atoms with Crippen molar-refractivity contribution in [3.63, 3.8) is 0 Å². The van der Waals surface area contributed by atoms with Crippen molar-refractivity contribution >= 4 is 28.7 Å². The van der Waals surface area contributed by atoms with Crippen LogP contribution in [0.2, 0.25) is 0 Å². The summed E-state index contributed by atoms with van der Waals surface area (Å²) in [6, 6.07) is 12.9. The Morgan fingerprint density at radius 1 is 1.12 bits per heavy atom. The maximum absolute atomic E-state index is 11.8. The molecule has 0 aliphatic carbocycles. The lowest BCUT2D eigenvalue weighted by Gasteiger charge is -2.10. The fraction of sp³-hybridized carbons (Fsp3) is 0.167. The van der Waals surface area contributed by atoms with E-state index in [1.807, 2.05) is 37.3 Å². The quantitative estimate of drug-likeness (QED) is 0.748. The number of fused-ring (bicyclic) bond motifs is 1. The summed E-state index contributed by atoms with van der Waals surface area (Å²) in [5.74, 6) is -0.854. The summed E-state index contributed by atoms with van der Waals surface area (Å²) in [6.07, 6.45) is -0.266. The maximum Gasteiger partial charge on any atom is 0.303 e. The molecular weight excluding hydrogens is 308 g/mol. The number of nitrogens with zero attached hydrogens (tertiary/aromatic N) is 1. The molecule has 1 amide bonds. The highest BCUT2D eigenvalue weighted by Gasteiger charge is 2.14. The molecule has 3 rings (SSSR count). The summed E-state index contributed by atoms with van der Waals surface area (Å²) in [6.45, 7) is 1.86. The zero-order valence-corrected chi connectivity index (χ0v) is 13.1. The van der Waals surface area contributed by atoms with Gasteiger partial charge in [-0.25, -0.2) is 4.98 Å². The fourth-order valence-corrected chi connectivity index (χ4v) is 2.42. The number of carboxylic acids is 1. The number of carbonyl (C=O) groups excluding carboxylic acids is 1. The molecule has 0 aliphatic rings. The Morgan fingerprint density at radius 3 is 2.67 bits per heavy atom. The first kappa shape index (κ1) is 15.7. The average Bonchev–Trinajstić information content (AvgIpc) is 2.98. The van der Waals surface area contributed by atoms with E-state index in [2.05, 4.69) is 10.3 Å². The number of anilines is 1. The number of nitrogens with one attached hydrogen (secondary N) is 1. The normalized spacial score (nSPS) is 10.7. The van der Waals surface area contributed by atoms with Crippen LogP contribution in [0.15, 0.2) is 46.9 Å². The molecule has 0 atom stereocenters. The summed E-state index contributed by atoms with van der Waals surface area (Å²) in [7, 11) is 0. The number of hydrogen-bond acceptors (Lipinski definition) is 4. The molecular formula is C18H16N2O4. The Bertz CT molecular complexity index is 881. The highest BCUT2D eigenvalue weighted by Crippen LogP contribution is 2.30. The SMILES string of the molecule is Cc1c(NC(=O)CCC(=O)O)cccc1-c1nc2ccccc2o1. The average molecular weight is 324 g/mol. The minimum atomic E-state index is -0.998. The number of hydrogen-bond donors (Lipinski definition) is 2. The maximum atomic E-state index is 11.8. The first-order valence-electron chi connectivity index (χ1n) is 7.52. The van der Waals surface area contributed by atoms with E-state index in [-0.39, 0.29) is 18.7 Å². The van der Waals surface area contributed by atoms with Crippen molar-refractivity contribution < 1.29 is 19.1 Å². The Hall–Kier alpha value is -3.15. The molecule has 3 aromatic rings. The molecule has 6 heteroatoms. The van der Waals surface area contributed by atoms with Crippen LogP contribution >= 0.6 is 0 Å². The molecule has 0 bridgehead atoms. The molecule has 0 spiro atoms. The number of rotatable bonds is 5. The Morgan fingerprint density at radius 2 is 1.92 bits per heavy atom. The van der Waals surface area contributed by atoms with Gasteiger partial charge in [0.2, 0.25) is 11.8 Å². The molecule has 2 aromatic carbocycles. The topological polar surface area (TPSA) is 92.4 Å². The second-order valence-electron chi connectivity index (χ2n) is 5.41. The second kappa shape index (κ2) is 6.54. The highest BCUT2D eigenvalue weighted by molar-refractivity contribution is 5.94. The first-order valence-corrected chi connectivity index (χ1v) is 7.52. The van der Waals surface area contributed by atoms with Crippen molar-refractivity contribution in [1.29, 1.82) is 0 Å². The summed E-state index contributed by atoms with van der Waals surface area (Å²) in [5, 5.41) is 11.4. The van der Waals surface area contributed by atoms with E-state index in [1.165, 1.54) is 0 Å². The fourth-order valence-electron chi connectivity index (χ4n) is 2.42. The standard InChI is InChI=1S/C18H16N2O4/c1-11-12(18-20-14-6-2-3-8-15(14)24-18)5-4-7-13(11)19-16(21)9-10-17(22)23/h2-8H,9-10H2,1H3,(H,19,21)(H,22,23). The van der Waals surface area contributed by atoms with Gasteiger partial charge in [-0.3, -0.25) is 9.59 Å². The minimum Gasteiger partial charge on any atom is -0.481 e. The zero-order valence-electron chi connectivity index (χ0n) is 13.1. The largest absolute Gasteiger partial charge is 0.481 e. The number of amides is 1. The molecule has 122 valence electrons. The molecule has 0 saturated carbocycles. The Balaban J connectivity index is 1.87. The van der Waals surface area contributed by atoms with Crippen LogP contribution in [0.1, 0.15) is 18.4 Å². The van der Waals surface area contributed by atoms with Gasteiger partial charge in [0, 0.05) is 17.7 Å². The molecule has 1 aromatic heterocycles. The number of benzene rings is 2. The van der Waals surface area contributed by atoms with Gasteiger partial charge in [0.15, 0.2) is 5.58 Å². The third kappa shape index (κ3) is 3.27. The van der Waals surface area contributed by atoms with Crippen LogP contribution in [0, 0.1) is 6.92 Å². The van der Waals surface area contributed by atoms with E-state index in [1.54, 1.807) is 12.1 Å². The van der Waals surface area contributed by atoms with Gasteiger partial charge in [-0.1, -0.05) is 18.2 Å². The van der Waals surface area contributed by atoms with Gasteiger partial charge in [0.25, 0.3) is 0 Å². The van der Waals surface area contributed by atoms with E-state index < -0.39 is 5.97 Å². The third-order valence-corrected chi connectivity index (χ3v) is 3.70. The molecule has 6 nitrogen and oxygen atoms in total. The van der Waals surface area contributed by atoms with Gasteiger partial charge >= 0.3 is 5.97 Å². The van der Waals surface area contributed by atoms with Crippen molar-refractivity contribution in [3.05, 3.63) is 48.0 Å². The number of aromatic nitrogens is 1. The Labute approximate surface area is 138 Å². The molecule has 2 N–H and O–H groups in total. The zero-order chi connectivity index (χ0) is 17.1. The smallest absolute Gasteiger partial charge is 0.303 e. The van der Waals surface area contributed by atoms with Crippen LogP contribution in [0.3, 0.4) is 0 Å². The van der Waals surface area contributed by atoms with Gasteiger partial charge in [-0.05, 0) is 36.8 Å². The minimum absolute atomic E-state index is 0.0676. The van der Waals surface area contributed by atoms with Gasteiger partial charge in [-0.2, -0.15) is 0 Å². The van der Waals surface area contributed by atoms with E-state index in [0.29, 0.717) is 17.2 Å². The van der Waals surface area contributed by atoms with Crippen molar-refractivity contribution in [3.8, 4) is 11.5 Å². The molecule has 0 radical (unpaired) electrons. The summed E-state index contributed by atoms with van der Waals surface area (Å²) >= 11 is 0. The summed E-state index contributed by atoms with van der Waals surface area (Å²) in [4.78, 5) is 26.9. The highest BCUT2D eigenvalue weighted by atomic mass is 16.4. The van der Waals surface area contributed by atoms with E-state index in [0.717, 1.165) is 16.6 Å². The number of aliphatic carboxylic acids is 1. The number of carboxylic acid groups (broad SMARTS) is 1. The van der Waals surface area contributed by atoms with Crippen molar-refractivity contribution in [1.82, 2.24) is 4.98 Å². The van der Waals surface area contributed by atoms with E-state index in [4.69, 9.17) is 9.52 Å². The van der Waals surface area contributed by atoms with E-state index in [9.17, 15) is 9.59 Å². The van der Waals surface area contributed by atoms with Gasteiger partial charge in [0.05, 0.1) is 6.42 Å². The lowest BCUT2D eigenvalue weighted by atomic mass is 10.1. The number of para-hydroxylation sites is 2. The van der Waals surface area contributed by atoms with Gasteiger partial charge in [0.1, 0.15) is 5.52 Å². The van der Waals surface area contributed by atoms with Gasteiger partial charge in [-0.15, -0.1) is 0 Å². The van der Waals surface area contributed by atoms with Crippen molar-refractivity contribution in [2.45, 2.75) is 19.8 Å². The number of carbonyl (C=O) groups is 2. The first-order chi connectivity index (χ1) is 11.5.